The van der Waals surface area contributed by atoms with Crippen LogP contribution in [0.5, 0.6) is 0 Å². The molecule has 2 atom stereocenters. The molecule has 2 fully saturated rings. The molecule has 2 heterocycles. The third-order valence-electron chi connectivity index (χ3n) is 4.11. The topological polar surface area (TPSA) is 61.4 Å². The minimum Gasteiger partial charge on any atom is -0.316 e. The Morgan fingerprint density at radius 2 is 2.17 bits per heavy atom. The molecule has 0 aromatic rings. The van der Waals surface area contributed by atoms with Crippen LogP contribution in [0.4, 0.5) is 0 Å². The summed E-state index contributed by atoms with van der Waals surface area (Å²) in [5, 5.41) is 3.43. The first-order chi connectivity index (χ1) is 8.61. The number of rotatable bonds is 5. The molecule has 18 heavy (non-hydrogen) atoms. The van der Waals surface area contributed by atoms with E-state index in [0.717, 1.165) is 39.0 Å². The van der Waals surface area contributed by atoms with Crippen molar-refractivity contribution in [2.24, 2.45) is 5.92 Å². The minimum absolute atomic E-state index is 0.212. The molecule has 0 aromatic carbocycles. The molecule has 0 bridgehead atoms. The van der Waals surface area contributed by atoms with Crippen molar-refractivity contribution in [3.63, 3.8) is 0 Å². The zero-order chi connectivity index (χ0) is 13.0. The standard InChI is InChI=1S/C12H25N3O2S/c1-13-18(16,17)10-12-5-3-7-15(12)9-11-4-2-6-14-8-11/h11-14H,2-10H2,1H3. The molecule has 0 saturated carbocycles. The summed E-state index contributed by atoms with van der Waals surface area (Å²) in [6.07, 6.45) is 4.66. The average Bonchev–Trinajstić information content (AvgIpc) is 2.77. The molecule has 2 unspecified atom stereocenters. The molecule has 2 rings (SSSR count). The van der Waals surface area contributed by atoms with Gasteiger partial charge in [-0.2, -0.15) is 0 Å². The van der Waals surface area contributed by atoms with E-state index in [9.17, 15) is 8.42 Å². The van der Waals surface area contributed by atoms with Crippen molar-refractivity contribution in [1.29, 1.82) is 0 Å². The van der Waals surface area contributed by atoms with E-state index in [-0.39, 0.29) is 11.8 Å². The van der Waals surface area contributed by atoms with Crippen LogP contribution in [0.2, 0.25) is 0 Å². The predicted molar refractivity (Wildman–Crippen MR) is 73.0 cm³/mol. The van der Waals surface area contributed by atoms with Crippen molar-refractivity contribution in [1.82, 2.24) is 14.9 Å². The van der Waals surface area contributed by atoms with Crippen LogP contribution in [-0.4, -0.2) is 58.3 Å². The predicted octanol–water partition coefficient (Wildman–Crippen LogP) is -0.000400. The second-order valence-corrected chi connectivity index (χ2v) is 7.46. The first-order valence-electron chi connectivity index (χ1n) is 6.97. The van der Waals surface area contributed by atoms with Gasteiger partial charge < -0.3 is 5.32 Å². The summed E-state index contributed by atoms with van der Waals surface area (Å²) in [5.41, 5.74) is 0. The first-order valence-corrected chi connectivity index (χ1v) is 8.62. The third-order valence-corrected chi connectivity index (χ3v) is 5.56. The maximum absolute atomic E-state index is 11.6. The molecule has 2 N–H and O–H groups in total. The van der Waals surface area contributed by atoms with Gasteiger partial charge in [0.25, 0.3) is 0 Å². The van der Waals surface area contributed by atoms with E-state index in [4.69, 9.17) is 0 Å². The molecular weight excluding hydrogens is 250 g/mol. The molecule has 2 saturated heterocycles. The molecule has 0 spiro atoms. The fourth-order valence-electron chi connectivity index (χ4n) is 3.07. The van der Waals surface area contributed by atoms with E-state index in [0.29, 0.717) is 5.92 Å². The average molecular weight is 275 g/mol. The number of sulfonamides is 1. The van der Waals surface area contributed by atoms with E-state index < -0.39 is 10.0 Å². The molecule has 2 aliphatic rings. The van der Waals surface area contributed by atoms with E-state index in [2.05, 4.69) is 14.9 Å². The summed E-state index contributed by atoms with van der Waals surface area (Å²) in [7, 11) is -1.58. The van der Waals surface area contributed by atoms with Crippen molar-refractivity contribution < 1.29 is 8.42 Å². The van der Waals surface area contributed by atoms with Crippen LogP contribution in [0.15, 0.2) is 0 Å². The fraction of sp³-hybridized carbons (Fsp3) is 1.00. The summed E-state index contributed by atoms with van der Waals surface area (Å²) in [6.45, 7) is 4.33. The van der Waals surface area contributed by atoms with Gasteiger partial charge in [0, 0.05) is 12.6 Å². The van der Waals surface area contributed by atoms with E-state index in [1.807, 2.05) is 0 Å². The van der Waals surface area contributed by atoms with Crippen LogP contribution in [-0.2, 0) is 10.0 Å². The molecular formula is C12H25N3O2S. The highest BCUT2D eigenvalue weighted by Gasteiger charge is 2.30. The molecule has 0 radical (unpaired) electrons. The summed E-state index contributed by atoms with van der Waals surface area (Å²) < 4.78 is 25.7. The van der Waals surface area contributed by atoms with Gasteiger partial charge in [-0.3, -0.25) is 4.90 Å². The Hall–Kier alpha value is -0.170. The second-order valence-electron chi connectivity index (χ2n) is 5.49. The van der Waals surface area contributed by atoms with Crippen LogP contribution in [0.1, 0.15) is 25.7 Å². The Morgan fingerprint density at radius 1 is 1.33 bits per heavy atom. The van der Waals surface area contributed by atoms with Gasteiger partial charge in [-0.05, 0) is 58.3 Å². The molecule has 2 aliphatic heterocycles. The largest absolute Gasteiger partial charge is 0.316 e. The van der Waals surface area contributed by atoms with Gasteiger partial charge in [-0.25, -0.2) is 13.1 Å². The quantitative estimate of drug-likeness (QED) is 0.741. The van der Waals surface area contributed by atoms with Gasteiger partial charge in [0.05, 0.1) is 5.75 Å². The van der Waals surface area contributed by atoms with E-state index in [1.54, 1.807) is 0 Å². The highest BCUT2D eigenvalue weighted by atomic mass is 32.2. The van der Waals surface area contributed by atoms with Gasteiger partial charge >= 0.3 is 0 Å². The number of hydrogen-bond acceptors (Lipinski definition) is 4. The van der Waals surface area contributed by atoms with E-state index in [1.165, 1.54) is 19.9 Å². The molecule has 0 aromatic heterocycles. The van der Waals surface area contributed by atoms with Crippen molar-refractivity contribution in [2.75, 3.05) is 39.0 Å². The van der Waals surface area contributed by atoms with Crippen molar-refractivity contribution in [3.05, 3.63) is 0 Å². The Kier molecular flexibility index (Phi) is 5.00. The Balaban J connectivity index is 1.87. The number of nitrogens with zero attached hydrogens (tertiary/aromatic N) is 1. The van der Waals surface area contributed by atoms with Gasteiger partial charge in [-0.1, -0.05) is 0 Å². The first kappa shape index (κ1) is 14.2. The van der Waals surface area contributed by atoms with Gasteiger partial charge in [0.2, 0.25) is 10.0 Å². The van der Waals surface area contributed by atoms with Crippen LogP contribution in [0, 0.1) is 5.92 Å². The number of likely N-dealkylation sites (tertiary alicyclic amines) is 1. The number of nitrogens with one attached hydrogen (secondary N) is 2. The summed E-state index contributed by atoms with van der Waals surface area (Å²) >= 11 is 0. The van der Waals surface area contributed by atoms with Crippen LogP contribution >= 0.6 is 0 Å². The molecule has 0 amide bonds. The smallest absolute Gasteiger partial charge is 0.212 e. The number of piperidine rings is 1. The maximum atomic E-state index is 11.6. The highest BCUT2D eigenvalue weighted by molar-refractivity contribution is 7.89. The Labute approximate surface area is 110 Å². The van der Waals surface area contributed by atoms with Crippen molar-refractivity contribution >= 4 is 10.0 Å². The van der Waals surface area contributed by atoms with Crippen LogP contribution < -0.4 is 10.0 Å². The van der Waals surface area contributed by atoms with Gasteiger partial charge in [0.15, 0.2) is 0 Å². The lowest BCUT2D eigenvalue weighted by Gasteiger charge is -2.31. The molecule has 6 heteroatoms. The van der Waals surface area contributed by atoms with Gasteiger partial charge in [0.1, 0.15) is 0 Å². The van der Waals surface area contributed by atoms with Crippen molar-refractivity contribution in [2.45, 2.75) is 31.7 Å². The summed E-state index contributed by atoms with van der Waals surface area (Å²) in [4.78, 5) is 2.38. The highest BCUT2D eigenvalue weighted by Crippen LogP contribution is 2.22. The van der Waals surface area contributed by atoms with Crippen LogP contribution in [0.3, 0.4) is 0 Å². The Morgan fingerprint density at radius 3 is 2.83 bits per heavy atom. The lowest BCUT2D eigenvalue weighted by atomic mass is 9.99. The third kappa shape index (κ3) is 3.91. The lowest BCUT2D eigenvalue weighted by Crippen LogP contribution is -2.43. The zero-order valence-corrected chi connectivity index (χ0v) is 12.0. The lowest BCUT2D eigenvalue weighted by molar-refractivity contribution is 0.204. The minimum atomic E-state index is -3.08. The molecule has 5 nitrogen and oxygen atoms in total. The molecule has 0 aliphatic carbocycles. The normalized spacial score (nSPS) is 30.7. The maximum Gasteiger partial charge on any atom is 0.212 e. The second kappa shape index (κ2) is 6.32. The SMILES string of the molecule is CNS(=O)(=O)CC1CCCN1CC1CCCNC1. The fourth-order valence-corrected chi connectivity index (χ4v) is 4.12. The zero-order valence-electron chi connectivity index (χ0n) is 11.2. The van der Waals surface area contributed by atoms with Crippen molar-refractivity contribution in [3.8, 4) is 0 Å². The summed E-state index contributed by atoms with van der Waals surface area (Å²) in [5.74, 6) is 0.945. The number of hydrogen-bond donors (Lipinski definition) is 2. The molecule has 106 valence electrons. The monoisotopic (exact) mass is 275 g/mol. The van der Waals surface area contributed by atoms with Gasteiger partial charge in [-0.15, -0.1) is 0 Å². The van der Waals surface area contributed by atoms with Crippen LogP contribution in [0.25, 0.3) is 0 Å². The summed E-state index contributed by atoms with van der Waals surface area (Å²) in [6, 6.07) is 0.212. The van der Waals surface area contributed by atoms with E-state index >= 15 is 0 Å². The Bertz CT molecular complexity index is 352.